The van der Waals surface area contributed by atoms with Gasteiger partial charge in [-0.05, 0) is 30.2 Å². The number of likely N-dealkylation sites (tertiary alicyclic amines) is 1. The van der Waals surface area contributed by atoms with Crippen LogP contribution in [-0.4, -0.2) is 59.2 Å². The first-order valence-electron chi connectivity index (χ1n) is 11.6. The predicted molar refractivity (Wildman–Crippen MR) is 134 cm³/mol. The molecule has 38 heavy (non-hydrogen) atoms. The molecule has 1 aliphatic heterocycles. The van der Waals surface area contributed by atoms with Crippen LogP contribution in [0.1, 0.15) is 34.0 Å². The summed E-state index contributed by atoms with van der Waals surface area (Å²) >= 11 is 0. The van der Waals surface area contributed by atoms with E-state index in [0.29, 0.717) is 47.1 Å². The van der Waals surface area contributed by atoms with Crippen molar-refractivity contribution in [2.24, 2.45) is 7.05 Å². The number of amides is 2. The van der Waals surface area contributed by atoms with E-state index in [1.807, 2.05) is 4.57 Å². The molecule has 2 aromatic heterocycles. The van der Waals surface area contributed by atoms with E-state index in [0.717, 1.165) is 5.69 Å². The number of alkyl halides is 3. The minimum Gasteiger partial charge on any atom is -0.496 e. The molecule has 3 N–H and O–H groups in total. The Balaban J connectivity index is 1.91. The lowest BCUT2D eigenvalue weighted by atomic mass is 9.93. The molecule has 1 aliphatic rings. The highest BCUT2D eigenvalue weighted by Crippen LogP contribution is 2.44. The van der Waals surface area contributed by atoms with Crippen molar-refractivity contribution in [3.63, 3.8) is 0 Å². The molecular weight excluding hydrogens is 501 g/mol. The molecule has 0 aliphatic carbocycles. The lowest BCUT2D eigenvalue weighted by Crippen LogP contribution is -2.36. The topological polar surface area (TPSA) is 126 Å². The lowest BCUT2D eigenvalue weighted by Gasteiger charge is -2.18. The molecule has 0 bridgehead atoms. The van der Waals surface area contributed by atoms with Gasteiger partial charge < -0.3 is 25.3 Å². The quantitative estimate of drug-likeness (QED) is 0.359. The number of nitriles is 1. The number of carbonyl (C=O) groups excluding carboxylic acids is 2. The van der Waals surface area contributed by atoms with Gasteiger partial charge in [-0.1, -0.05) is 12.6 Å². The first kappa shape index (κ1) is 26.5. The van der Waals surface area contributed by atoms with E-state index in [2.05, 4.69) is 17.6 Å². The van der Waals surface area contributed by atoms with Crippen molar-refractivity contribution in [3.8, 4) is 22.9 Å². The Labute approximate surface area is 216 Å². The molecule has 0 spiro atoms. The largest absolute Gasteiger partial charge is 0.496 e. The molecule has 0 radical (unpaired) electrons. The maximum absolute atomic E-state index is 13.5. The van der Waals surface area contributed by atoms with Crippen LogP contribution in [0.2, 0.25) is 0 Å². The van der Waals surface area contributed by atoms with E-state index >= 15 is 0 Å². The molecule has 12 heteroatoms. The van der Waals surface area contributed by atoms with Gasteiger partial charge in [0.1, 0.15) is 17.6 Å². The Morgan fingerprint density at radius 1 is 1.37 bits per heavy atom. The van der Waals surface area contributed by atoms with Crippen molar-refractivity contribution < 1.29 is 27.5 Å². The number of nitrogen functional groups attached to an aromatic ring is 1. The monoisotopic (exact) mass is 526 g/mol. The molecule has 0 saturated carbocycles. The second kappa shape index (κ2) is 10.5. The van der Waals surface area contributed by atoms with Crippen LogP contribution >= 0.6 is 0 Å². The summed E-state index contributed by atoms with van der Waals surface area (Å²) in [5, 5.41) is 11.9. The Morgan fingerprint density at radius 2 is 2.11 bits per heavy atom. The maximum Gasteiger partial charge on any atom is 0.287 e. The Bertz CT molecular complexity index is 1480. The molecule has 2 atom stereocenters. The highest BCUT2D eigenvalue weighted by Gasteiger charge is 2.33. The number of anilines is 1. The molecule has 2 unspecified atom stereocenters. The molecule has 4 rings (SSSR count). The number of aryl methyl sites for hydroxylation is 1. The Kier molecular flexibility index (Phi) is 7.30. The van der Waals surface area contributed by atoms with Crippen molar-refractivity contribution in [1.82, 2.24) is 19.8 Å². The number of nitrogens with one attached hydrogen (secondary N) is 1. The fourth-order valence-electron chi connectivity index (χ4n) is 4.99. The number of fused-ring (bicyclic) bond motifs is 1. The second-order valence-corrected chi connectivity index (χ2v) is 8.81. The van der Waals surface area contributed by atoms with Crippen LogP contribution in [-0.2, 0) is 11.8 Å². The number of pyridine rings is 1. The van der Waals surface area contributed by atoms with Gasteiger partial charge in [0.25, 0.3) is 12.3 Å². The number of aromatic nitrogens is 2. The van der Waals surface area contributed by atoms with Crippen molar-refractivity contribution in [2.45, 2.75) is 25.1 Å². The molecule has 1 saturated heterocycles. The number of ether oxygens (including phenoxy) is 1. The molecule has 1 fully saturated rings. The molecular formula is C26H25F3N6O3. The van der Waals surface area contributed by atoms with Crippen LogP contribution in [0.4, 0.5) is 19.0 Å². The number of nitrogens with zero attached hydrogens (tertiary/aromatic N) is 4. The standard InChI is InChI=1S/C26H25F3N6O3/c1-4-18(36)35-8-7-14(12-35)21-19(20-22(34(21)2)15(10-30)11-32-25(20)31)13-5-6-16(17(9-13)38-3)26(37)33-24(29)23(27)28/h4-6,9,11,14,23-24H,1,7-8,12H2,2-3H3,(H2,31,32)(H,33,37). The number of hydrogen-bond donors (Lipinski definition) is 2. The SMILES string of the molecule is C=CC(=O)N1CCC(c2c(-c3ccc(C(=O)NC(F)C(F)F)c(OC)c3)c3c(N)ncc(C#N)c3n2C)C1. The third-order valence-electron chi connectivity index (χ3n) is 6.69. The minimum absolute atomic E-state index is 0.0160. The molecule has 3 aromatic rings. The fourth-order valence-corrected chi connectivity index (χ4v) is 4.99. The molecule has 9 nitrogen and oxygen atoms in total. The molecule has 3 heterocycles. The smallest absolute Gasteiger partial charge is 0.287 e. The zero-order valence-corrected chi connectivity index (χ0v) is 20.7. The Hall–Kier alpha value is -4.53. The summed E-state index contributed by atoms with van der Waals surface area (Å²) in [5.41, 5.74) is 8.97. The van der Waals surface area contributed by atoms with Crippen molar-refractivity contribution in [2.75, 3.05) is 25.9 Å². The van der Waals surface area contributed by atoms with Crippen LogP contribution in [0.25, 0.3) is 22.0 Å². The number of carbonyl (C=O) groups is 2. The van der Waals surface area contributed by atoms with Crippen LogP contribution < -0.4 is 15.8 Å². The summed E-state index contributed by atoms with van der Waals surface area (Å²) in [4.78, 5) is 30.6. The lowest BCUT2D eigenvalue weighted by molar-refractivity contribution is -0.125. The van der Waals surface area contributed by atoms with Gasteiger partial charge in [-0.15, -0.1) is 0 Å². The fraction of sp³-hybridized carbons (Fsp3) is 0.308. The zero-order valence-electron chi connectivity index (χ0n) is 20.7. The van der Waals surface area contributed by atoms with Gasteiger partial charge in [0.15, 0.2) is 0 Å². The van der Waals surface area contributed by atoms with Gasteiger partial charge >= 0.3 is 0 Å². The number of nitrogens with two attached hydrogens (primary N) is 1. The van der Waals surface area contributed by atoms with Crippen molar-refractivity contribution in [1.29, 1.82) is 5.26 Å². The van der Waals surface area contributed by atoms with Gasteiger partial charge in [0.2, 0.25) is 12.2 Å². The van der Waals surface area contributed by atoms with Crippen LogP contribution in [0.3, 0.4) is 0 Å². The molecule has 2 amide bonds. The van der Waals surface area contributed by atoms with E-state index in [4.69, 9.17) is 10.5 Å². The average Bonchev–Trinajstić information content (AvgIpc) is 3.51. The van der Waals surface area contributed by atoms with Crippen LogP contribution in [0, 0.1) is 11.3 Å². The van der Waals surface area contributed by atoms with E-state index in [9.17, 15) is 28.0 Å². The minimum atomic E-state index is -3.38. The first-order valence-corrected chi connectivity index (χ1v) is 11.6. The summed E-state index contributed by atoms with van der Waals surface area (Å²) in [6.07, 6.45) is -2.94. The van der Waals surface area contributed by atoms with Gasteiger partial charge in [-0.3, -0.25) is 9.59 Å². The normalized spacial score (nSPS) is 15.9. The summed E-state index contributed by atoms with van der Waals surface area (Å²) in [7, 11) is 3.09. The van der Waals surface area contributed by atoms with E-state index in [1.54, 1.807) is 23.3 Å². The number of benzene rings is 1. The number of hydrogen-bond acceptors (Lipinski definition) is 6. The highest BCUT2D eigenvalue weighted by molar-refractivity contribution is 6.07. The van der Waals surface area contributed by atoms with E-state index < -0.39 is 18.6 Å². The van der Waals surface area contributed by atoms with Crippen LogP contribution in [0.5, 0.6) is 5.75 Å². The Morgan fingerprint density at radius 3 is 2.74 bits per heavy atom. The first-order chi connectivity index (χ1) is 18.1. The summed E-state index contributed by atoms with van der Waals surface area (Å²) in [6.45, 7) is 4.46. The summed E-state index contributed by atoms with van der Waals surface area (Å²) < 4.78 is 45.9. The predicted octanol–water partition coefficient (Wildman–Crippen LogP) is 3.50. The second-order valence-electron chi connectivity index (χ2n) is 8.81. The zero-order chi connectivity index (χ0) is 27.7. The highest BCUT2D eigenvalue weighted by atomic mass is 19.3. The summed E-state index contributed by atoms with van der Waals surface area (Å²) in [5.74, 6) is -1.21. The molecule has 1 aromatic carbocycles. The van der Waals surface area contributed by atoms with Crippen LogP contribution in [0.15, 0.2) is 37.1 Å². The van der Waals surface area contributed by atoms with Gasteiger partial charge in [0.05, 0.1) is 29.1 Å². The van der Waals surface area contributed by atoms with Gasteiger partial charge in [0, 0.05) is 43.5 Å². The number of rotatable bonds is 7. The van der Waals surface area contributed by atoms with E-state index in [-0.39, 0.29) is 29.0 Å². The van der Waals surface area contributed by atoms with Gasteiger partial charge in [-0.2, -0.15) is 5.26 Å². The average molecular weight is 527 g/mol. The van der Waals surface area contributed by atoms with Gasteiger partial charge in [-0.25, -0.2) is 18.2 Å². The summed E-state index contributed by atoms with van der Waals surface area (Å²) in [6, 6.07) is 6.55. The number of halogens is 3. The third kappa shape index (κ3) is 4.51. The number of methoxy groups -OCH3 is 1. The van der Waals surface area contributed by atoms with E-state index in [1.165, 1.54) is 31.5 Å². The van der Waals surface area contributed by atoms with Crippen molar-refractivity contribution >= 4 is 28.5 Å². The van der Waals surface area contributed by atoms with Crippen molar-refractivity contribution in [3.05, 3.63) is 53.9 Å². The molecule has 198 valence electrons. The maximum atomic E-state index is 13.5. The third-order valence-corrected chi connectivity index (χ3v) is 6.69.